The van der Waals surface area contributed by atoms with Gasteiger partial charge < -0.3 is 23.7 Å². The van der Waals surface area contributed by atoms with Crippen LogP contribution in [0.25, 0.3) is 0 Å². The van der Waals surface area contributed by atoms with Crippen molar-refractivity contribution in [3.8, 4) is 11.5 Å². The highest BCUT2D eigenvalue weighted by Gasteiger charge is 2.30. The zero-order chi connectivity index (χ0) is 25.4. The van der Waals surface area contributed by atoms with Gasteiger partial charge in [0.05, 0.1) is 27.3 Å². The van der Waals surface area contributed by atoms with Crippen molar-refractivity contribution in [2.75, 3.05) is 33.9 Å². The molecule has 7 heteroatoms. The minimum atomic E-state index is -0.0634. The Bertz CT molecular complexity index is 977. The number of nitrogens with zero attached hydrogens (tertiary/aromatic N) is 2. The van der Waals surface area contributed by atoms with Crippen molar-refractivity contribution in [3.63, 3.8) is 0 Å². The fourth-order valence-electron chi connectivity index (χ4n) is 4.72. The molecule has 2 aromatic rings. The van der Waals surface area contributed by atoms with Crippen LogP contribution in [0.4, 0.5) is 0 Å². The molecule has 1 aromatic carbocycles. The summed E-state index contributed by atoms with van der Waals surface area (Å²) < 4.78 is 16.5. The lowest BCUT2D eigenvalue weighted by Crippen LogP contribution is -2.46. The van der Waals surface area contributed by atoms with Crippen LogP contribution in [-0.2, 0) is 22.6 Å². The van der Waals surface area contributed by atoms with Crippen LogP contribution in [0.2, 0.25) is 0 Å². The highest BCUT2D eigenvalue weighted by Crippen LogP contribution is 2.28. The van der Waals surface area contributed by atoms with Crippen LogP contribution in [0.3, 0.4) is 0 Å². The molecule has 1 heterocycles. The summed E-state index contributed by atoms with van der Waals surface area (Å²) in [6, 6.07) is 9.60. The Morgan fingerprint density at radius 3 is 2.34 bits per heavy atom. The first kappa shape index (κ1) is 26.6. The summed E-state index contributed by atoms with van der Waals surface area (Å²) in [7, 11) is 3.22. The molecule has 192 valence electrons. The largest absolute Gasteiger partial charge is 0.493 e. The van der Waals surface area contributed by atoms with E-state index in [4.69, 9.17) is 13.9 Å². The van der Waals surface area contributed by atoms with Crippen LogP contribution in [0.1, 0.15) is 56.6 Å². The molecule has 0 spiro atoms. The number of amides is 2. The maximum absolute atomic E-state index is 13.6. The van der Waals surface area contributed by atoms with E-state index in [2.05, 4.69) is 13.8 Å². The third kappa shape index (κ3) is 7.51. The van der Waals surface area contributed by atoms with Gasteiger partial charge in [0.25, 0.3) is 0 Å². The second-order valence-corrected chi connectivity index (χ2v) is 9.86. The molecule has 1 aliphatic rings. The average Bonchev–Trinajstić information content (AvgIpc) is 3.52. The van der Waals surface area contributed by atoms with Gasteiger partial charge in [-0.05, 0) is 61.9 Å². The Balaban J connectivity index is 1.75. The van der Waals surface area contributed by atoms with Gasteiger partial charge in [-0.3, -0.25) is 9.59 Å². The molecule has 1 aliphatic carbocycles. The first-order valence-electron chi connectivity index (χ1n) is 12.6. The number of aryl methyl sites for hydroxylation is 1. The molecule has 0 aliphatic heterocycles. The summed E-state index contributed by atoms with van der Waals surface area (Å²) in [5, 5.41) is 0. The first-order valence-corrected chi connectivity index (χ1v) is 12.6. The molecule has 3 rings (SSSR count). The molecule has 2 amide bonds. The van der Waals surface area contributed by atoms with E-state index in [1.54, 1.807) is 24.0 Å². The second kappa shape index (κ2) is 12.7. The topological polar surface area (TPSA) is 72.2 Å². The Labute approximate surface area is 209 Å². The molecular formula is C28H40N2O5. The number of benzene rings is 1. The van der Waals surface area contributed by atoms with E-state index < -0.39 is 0 Å². The maximum atomic E-state index is 13.6. The van der Waals surface area contributed by atoms with Gasteiger partial charge in [-0.25, -0.2) is 0 Å². The SMILES string of the molecule is COc1ccc(CCN(Cc2ccc(C)o2)C(=O)CN(CC(C)C)C(=O)C2CCCC2)cc1OC. The predicted octanol–water partition coefficient (Wildman–Crippen LogP) is 4.85. The number of ether oxygens (including phenoxy) is 2. The van der Waals surface area contributed by atoms with Crippen LogP contribution in [0.15, 0.2) is 34.7 Å². The van der Waals surface area contributed by atoms with Gasteiger partial charge in [-0.2, -0.15) is 0 Å². The third-order valence-electron chi connectivity index (χ3n) is 6.54. The number of methoxy groups -OCH3 is 2. The number of rotatable bonds is 12. The normalized spacial score (nSPS) is 13.8. The van der Waals surface area contributed by atoms with Crippen molar-refractivity contribution in [1.29, 1.82) is 0 Å². The van der Waals surface area contributed by atoms with Crippen molar-refractivity contribution in [2.45, 2.75) is 59.4 Å². The van der Waals surface area contributed by atoms with Crippen molar-refractivity contribution < 1.29 is 23.5 Å². The molecule has 0 bridgehead atoms. The second-order valence-electron chi connectivity index (χ2n) is 9.86. The number of furan rings is 1. The lowest BCUT2D eigenvalue weighted by molar-refractivity contribution is -0.143. The predicted molar refractivity (Wildman–Crippen MR) is 135 cm³/mol. The van der Waals surface area contributed by atoms with E-state index in [0.717, 1.165) is 42.8 Å². The molecule has 0 radical (unpaired) electrons. The Kier molecular flexibility index (Phi) is 9.64. The third-order valence-corrected chi connectivity index (χ3v) is 6.54. The van der Waals surface area contributed by atoms with Crippen molar-refractivity contribution >= 4 is 11.8 Å². The van der Waals surface area contributed by atoms with E-state index >= 15 is 0 Å². The van der Waals surface area contributed by atoms with Gasteiger partial charge in [0.15, 0.2) is 11.5 Å². The Morgan fingerprint density at radius 1 is 1.03 bits per heavy atom. The zero-order valence-corrected chi connectivity index (χ0v) is 21.8. The first-order chi connectivity index (χ1) is 16.8. The van der Waals surface area contributed by atoms with E-state index in [1.165, 1.54) is 0 Å². The van der Waals surface area contributed by atoms with E-state index in [0.29, 0.717) is 43.5 Å². The Hall–Kier alpha value is -2.96. The lowest BCUT2D eigenvalue weighted by atomic mass is 10.1. The molecule has 1 aromatic heterocycles. The van der Waals surface area contributed by atoms with E-state index in [9.17, 15) is 9.59 Å². The van der Waals surface area contributed by atoms with Crippen molar-refractivity contribution in [2.24, 2.45) is 11.8 Å². The number of carbonyl (C=O) groups is 2. The van der Waals surface area contributed by atoms with E-state index in [-0.39, 0.29) is 24.3 Å². The van der Waals surface area contributed by atoms with Crippen LogP contribution < -0.4 is 9.47 Å². The van der Waals surface area contributed by atoms with Gasteiger partial charge in [0, 0.05) is 19.0 Å². The molecular weight excluding hydrogens is 444 g/mol. The average molecular weight is 485 g/mol. The molecule has 7 nitrogen and oxygen atoms in total. The van der Waals surface area contributed by atoms with Crippen LogP contribution in [0, 0.1) is 18.8 Å². The summed E-state index contributed by atoms with van der Waals surface area (Å²) >= 11 is 0. The monoisotopic (exact) mass is 484 g/mol. The quantitative estimate of drug-likeness (QED) is 0.431. The summed E-state index contributed by atoms with van der Waals surface area (Å²) in [5.41, 5.74) is 1.04. The van der Waals surface area contributed by atoms with E-state index in [1.807, 2.05) is 37.3 Å². The molecule has 0 N–H and O–H groups in total. The van der Waals surface area contributed by atoms with Gasteiger partial charge in [0.2, 0.25) is 11.8 Å². The molecule has 0 atom stereocenters. The van der Waals surface area contributed by atoms with Crippen LogP contribution in [-0.4, -0.2) is 55.5 Å². The number of carbonyl (C=O) groups excluding carboxylic acids is 2. The minimum absolute atomic E-state index is 0.0505. The van der Waals surface area contributed by atoms with Gasteiger partial charge in [0.1, 0.15) is 11.5 Å². The maximum Gasteiger partial charge on any atom is 0.242 e. The molecule has 35 heavy (non-hydrogen) atoms. The number of hydrogen-bond donors (Lipinski definition) is 0. The summed E-state index contributed by atoms with van der Waals surface area (Å²) in [4.78, 5) is 30.4. The Morgan fingerprint density at radius 2 is 1.74 bits per heavy atom. The van der Waals surface area contributed by atoms with Gasteiger partial charge >= 0.3 is 0 Å². The highest BCUT2D eigenvalue weighted by molar-refractivity contribution is 5.86. The molecule has 0 unspecified atom stereocenters. The smallest absolute Gasteiger partial charge is 0.242 e. The zero-order valence-electron chi connectivity index (χ0n) is 21.8. The fraction of sp³-hybridized carbons (Fsp3) is 0.571. The fourth-order valence-corrected chi connectivity index (χ4v) is 4.72. The molecule has 1 saturated carbocycles. The van der Waals surface area contributed by atoms with Gasteiger partial charge in [-0.1, -0.05) is 32.8 Å². The summed E-state index contributed by atoms with van der Waals surface area (Å²) in [6.07, 6.45) is 4.68. The molecule has 1 fully saturated rings. The van der Waals surface area contributed by atoms with Crippen LogP contribution in [0.5, 0.6) is 11.5 Å². The lowest BCUT2D eigenvalue weighted by Gasteiger charge is -2.30. The summed E-state index contributed by atoms with van der Waals surface area (Å²) in [6.45, 7) is 7.61. The van der Waals surface area contributed by atoms with Gasteiger partial charge in [-0.15, -0.1) is 0 Å². The highest BCUT2D eigenvalue weighted by atomic mass is 16.5. The van der Waals surface area contributed by atoms with Crippen molar-refractivity contribution in [3.05, 3.63) is 47.4 Å². The molecule has 0 saturated heterocycles. The minimum Gasteiger partial charge on any atom is -0.493 e. The standard InChI is InChI=1S/C28H40N2O5/c1-20(2)17-30(28(32)23-8-6-7-9-23)19-27(31)29(18-24-12-10-21(3)35-24)15-14-22-11-13-25(33-4)26(16-22)34-5/h10-13,16,20,23H,6-9,14-15,17-19H2,1-5H3. The van der Waals surface area contributed by atoms with Crippen molar-refractivity contribution in [1.82, 2.24) is 9.80 Å². The number of hydrogen-bond acceptors (Lipinski definition) is 5. The summed E-state index contributed by atoms with van der Waals surface area (Å²) in [5.74, 6) is 3.28. The van der Waals surface area contributed by atoms with Crippen LogP contribution >= 0.6 is 0 Å².